The van der Waals surface area contributed by atoms with E-state index in [0.717, 1.165) is 22.6 Å². The molecule has 0 aliphatic carbocycles. The van der Waals surface area contributed by atoms with E-state index in [4.69, 9.17) is 10.00 Å². The lowest BCUT2D eigenvalue weighted by molar-refractivity contribution is 0.411. The molecular formula is C13H18N2O. The summed E-state index contributed by atoms with van der Waals surface area (Å²) in [4.78, 5) is 0. The van der Waals surface area contributed by atoms with Gasteiger partial charge in [0, 0.05) is 5.69 Å². The van der Waals surface area contributed by atoms with Crippen molar-refractivity contribution in [2.24, 2.45) is 0 Å². The van der Waals surface area contributed by atoms with Crippen molar-refractivity contribution in [1.29, 1.82) is 5.26 Å². The molecular weight excluding hydrogens is 200 g/mol. The van der Waals surface area contributed by atoms with Crippen LogP contribution in [0.15, 0.2) is 12.1 Å². The molecule has 0 spiro atoms. The van der Waals surface area contributed by atoms with Crippen LogP contribution >= 0.6 is 0 Å². The number of rotatable bonds is 3. The number of anilines is 1. The molecule has 1 aromatic rings. The summed E-state index contributed by atoms with van der Waals surface area (Å²) in [5.74, 6) is 0.873. The fourth-order valence-electron chi connectivity index (χ4n) is 1.52. The predicted octanol–water partition coefficient (Wildman–Crippen LogP) is 3.03. The Morgan fingerprint density at radius 1 is 1.25 bits per heavy atom. The first-order valence-corrected chi connectivity index (χ1v) is 5.25. The maximum absolute atomic E-state index is 8.98. The van der Waals surface area contributed by atoms with E-state index in [-0.39, 0.29) is 0 Å². The third-order valence-electron chi connectivity index (χ3n) is 2.68. The number of hydrogen-bond acceptors (Lipinski definition) is 3. The van der Waals surface area contributed by atoms with Crippen molar-refractivity contribution < 1.29 is 4.74 Å². The summed E-state index contributed by atoms with van der Waals surface area (Å²) in [5, 5.41) is 12.2. The second-order valence-corrected chi connectivity index (χ2v) is 4.43. The number of nitriles is 1. The number of hydrogen-bond donors (Lipinski definition) is 1. The molecule has 0 saturated carbocycles. The molecule has 0 radical (unpaired) electrons. The Labute approximate surface area is 97.0 Å². The Morgan fingerprint density at radius 3 is 2.38 bits per heavy atom. The largest absolute Gasteiger partial charge is 0.496 e. The SMILES string of the molecule is COc1ccc(NC(C)(C)C#N)c(C)c1C. The first-order valence-electron chi connectivity index (χ1n) is 5.25. The van der Waals surface area contributed by atoms with Gasteiger partial charge < -0.3 is 10.1 Å². The highest BCUT2D eigenvalue weighted by Crippen LogP contribution is 2.28. The molecule has 16 heavy (non-hydrogen) atoms. The van der Waals surface area contributed by atoms with Crippen LogP contribution in [-0.2, 0) is 0 Å². The molecule has 0 unspecified atom stereocenters. The Morgan fingerprint density at radius 2 is 1.88 bits per heavy atom. The Hall–Kier alpha value is -1.69. The molecule has 1 N–H and O–H groups in total. The fraction of sp³-hybridized carbons (Fsp3) is 0.462. The van der Waals surface area contributed by atoms with Crippen molar-refractivity contribution in [3.05, 3.63) is 23.3 Å². The Bertz CT molecular complexity index is 430. The monoisotopic (exact) mass is 218 g/mol. The van der Waals surface area contributed by atoms with Crippen molar-refractivity contribution in [1.82, 2.24) is 0 Å². The smallest absolute Gasteiger partial charge is 0.122 e. The normalized spacial score (nSPS) is 10.8. The van der Waals surface area contributed by atoms with Crippen LogP contribution in [0.3, 0.4) is 0 Å². The zero-order valence-corrected chi connectivity index (χ0v) is 10.5. The highest BCUT2D eigenvalue weighted by Gasteiger charge is 2.17. The highest BCUT2D eigenvalue weighted by atomic mass is 16.5. The summed E-state index contributed by atoms with van der Waals surface area (Å²) in [5.41, 5.74) is 2.62. The molecule has 1 rings (SSSR count). The highest BCUT2D eigenvalue weighted by molar-refractivity contribution is 5.60. The lowest BCUT2D eigenvalue weighted by Crippen LogP contribution is -2.28. The molecule has 0 atom stereocenters. The van der Waals surface area contributed by atoms with Gasteiger partial charge in [-0.25, -0.2) is 0 Å². The number of benzene rings is 1. The first-order chi connectivity index (χ1) is 7.41. The Balaban J connectivity index is 3.10. The molecule has 0 bridgehead atoms. The van der Waals surface area contributed by atoms with Crippen molar-refractivity contribution >= 4 is 5.69 Å². The van der Waals surface area contributed by atoms with Gasteiger partial charge in [0.15, 0.2) is 0 Å². The van der Waals surface area contributed by atoms with Gasteiger partial charge in [-0.05, 0) is 51.0 Å². The summed E-state index contributed by atoms with van der Waals surface area (Å²) < 4.78 is 5.24. The summed E-state index contributed by atoms with van der Waals surface area (Å²) in [7, 11) is 1.66. The van der Waals surface area contributed by atoms with E-state index < -0.39 is 5.54 Å². The molecule has 1 aromatic carbocycles. The zero-order chi connectivity index (χ0) is 12.3. The van der Waals surface area contributed by atoms with Crippen molar-refractivity contribution in [3.8, 4) is 11.8 Å². The zero-order valence-electron chi connectivity index (χ0n) is 10.5. The van der Waals surface area contributed by atoms with E-state index in [1.165, 1.54) is 0 Å². The van der Waals surface area contributed by atoms with E-state index in [1.54, 1.807) is 7.11 Å². The van der Waals surface area contributed by atoms with Gasteiger partial charge in [-0.3, -0.25) is 0 Å². The van der Waals surface area contributed by atoms with Gasteiger partial charge in [0.05, 0.1) is 13.2 Å². The van der Waals surface area contributed by atoms with Gasteiger partial charge in [-0.1, -0.05) is 0 Å². The summed E-state index contributed by atoms with van der Waals surface area (Å²) in [6, 6.07) is 6.08. The first kappa shape index (κ1) is 12.4. The van der Waals surface area contributed by atoms with Crippen molar-refractivity contribution in [2.75, 3.05) is 12.4 Å². The predicted molar refractivity (Wildman–Crippen MR) is 65.8 cm³/mol. The maximum atomic E-state index is 8.98. The van der Waals surface area contributed by atoms with Crippen LogP contribution in [0.2, 0.25) is 0 Å². The van der Waals surface area contributed by atoms with Gasteiger partial charge in [0.2, 0.25) is 0 Å². The third kappa shape index (κ3) is 2.46. The summed E-state index contributed by atoms with van der Waals surface area (Å²) in [6.45, 7) is 7.74. The van der Waals surface area contributed by atoms with E-state index >= 15 is 0 Å². The van der Waals surface area contributed by atoms with Crippen LogP contribution in [0.4, 0.5) is 5.69 Å². The molecule has 0 aromatic heterocycles. The molecule has 0 aliphatic heterocycles. The second-order valence-electron chi connectivity index (χ2n) is 4.43. The van der Waals surface area contributed by atoms with Gasteiger partial charge >= 0.3 is 0 Å². The molecule has 0 amide bonds. The average molecular weight is 218 g/mol. The molecule has 3 heteroatoms. The Kier molecular flexibility index (Phi) is 3.44. The molecule has 0 saturated heterocycles. The van der Waals surface area contributed by atoms with E-state index in [2.05, 4.69) is 11.4 Å². The molecule has 0 aliphatic rings. The topological polar surface area (TPSA) is 45.0 Å². The lowest BCUT2D eigenvalue weighted by Gasteiger charge is -2.22. The van der Waals surface area contributed by atoms with Crippen molar-refractivity contribution in [3.63, 3.8) is 0 Å². The second kappa shape index (κ2) is 4.44. The summed E-state index contributed by atoms with van der Waals surface area (Å²) in [6.07, 6.45) is 0. The van der Waals surface area contributed by atoms with Crippen LogP contribution in [0.1, 0.15) is 25.0 Å². The third-order valence-corrected chi connectivity index (χ3v) is 2.68. The van der Waals surface area contributed by atoms with Crippen molar-refractivity contribution in [2.45, 2.75) is 33.2 Å². The van der Waals surface area contributed by atoms with Crippen LogP contribution in [0.5, 0.6) is 5.75 Å². The molecule has 0 fully saturated rings. The number of nitrogens with zero attached hydrogens (tertiary/aromatic N) is 1. The maximum Gasteiger partial charge on any atom is 0.122 e. The van der Waals surface area contributed by atoms with Crippen LogP contribution in [-0.4, -0.2) is 12.6 Å². The van der Waals surface area contributed by atoms with Gasteiger partial charge in [-0.2, -0.15) is 5.26 Å². The summed E-state index contributed by atoms with van der Waals surface area (Å²) >= 11 is 0. The number of methoxy groups -OCH3 is 1. The van der Waals surface area contributed by atoms with Gasteiger partial charge in [-0.15, -0.1) is 0 Å². The van der Waals surface area contributed by atoms with Gasteiger partial charge in [0.25, 0.3) is 0 Å². The minimum absolute atomic E-state index is 0.564. The van der Waals surface area contributed by atoms with Crippen LogP contribution in [0, 0.1) is 25.2 Å². The van der Waals surface area contributed by atoms with E-state index in [1.807, 2.05) is 39.8 Å². The minimum atomic E-state index is -0.564. The molecule has 86 valence electrons. The molecule has 3 nitrogen and oxygen atoms in total. The van der Waals surface area contributed by atoms with Crippen LogP contribution < -0.4 is 10.1 Å². The number of ether oxygens (including phenoxy) is 1. The van der Waals surface area contributed by atoms with Gasteiger partial charge in [0.1, 0.15) is 11.3 Å². The quantitative estimate of drug-likeness (QED) is 0.848. The lowest BCUT2D eigenvalue weighted by atomic mass is 10.0. The average Bonchev–Trinajstić information content (AvgIpc) is 2.25. The molecule has 0 heterocycles. The van der Waals surface area contributed by atoms with E-state index in [0.29, 0.717) is 0 Å². The fourth-order valence-corrected chi connectivity index (χ4v) is 1.52. The van der Waals surface area contributed by atoms with E-state index in [9.17, 15) is 0 Å². The standard InChI is InChI=1S/C13H18N2O/c1-9-10(2)12(16-5)7-6-11(9)15-13(3,4)8-14/h6-7,15H,1-5H3. The number of nitrogens with one attached hydrogen (secondary N) is 1. The minimum Gasteiger partial charge on any atom is -0.496 e. The van der Waals surface area contributed by atoms with Crippen LogP contribution in [0.25, 0.3) is 0 Å².